The normalized spacial score (nSPS) is 16.8. The van der Waals surface area contributed by atoms with E-state index < -0.39 is 0 Å². The Morgan fingerprint density at radius 1 is 1.06 bits per heavy atom. The number of aromatic nitrogens is 2. The molecule has 1 fully saturated rings. The van der Waals surface area contributed by atoms with Gasteiger partial charge in [-0.1, -0.05) is 61.5 Å². The summed E-state index contributed by atoms with van der Waals surface area (Å²) in [6.45, 7) is 4.29. The number of imidazole rings is 1. The van der Waals surface area contributed by atoms with Gasteiger partial charge in [-0.05, 0) is 29.5 Å². The van der Waals surface area contributed by atoms with E-state index in [1.54, 1.807) is 22.0 Å². The average molecular weight is 431 g/mol. The molecule has 0 radical (unpaired) electrons. The number of rotatable bonds is 6. The number of benzene rings is 2. The van der Waals surface area contributed by atoms with Gasteiger partial charge in [-0.15, -0.1) is 0 Å². The van der Waals surface area contributed by atoms with Crippen molar-refractivity contribution in [1.82, 2.24) is 19.4 Å². The topological polar surface area (TPSA) is 58.4 Å². The third-order valence-electron chi connectivity index (χ3n) is 5.96. The Morgan fingerprint density at radius 3 is 2.56 bits per heavy atom. The van der Waals surface area contributed by atoms with Gasteiger partial charge in [-0.2, -0.15) is 0 Å². The molecule has 166 valence electrons. The van der Waals surface area contributed by atoms with Crippen LogP contribution >= 0.6 is 0 Å². The maximum atomic E-state index is 13.4. The molecule has 0 saturated carbocycles. The maximum absolute atomic E-state index is 13.4. The van der Waals surface area contributed by atoms with E-state index in [2.05, 4.69) is 42.2 Å². The lowest BCUT2D eigenvalue weighted by Gasteiger charge is -2.24. The van der Waals surface area contributed by atoms with Gasteiger partial charge in [0.1, 0.15) is 5.69 Å². The smallest absolute Gasteiger partial charge is 0.274 e. The van der Waals surface area contributed by atoms with Gasteiger partial charge < -0.3 is 14.4 Å². The molecule has 0 spiro atoms. The number of carbonyl (C=O) groups is 2. The van der Waals surface area contributed by atoms with Crippen molar-refractivity contribution in [2.24, 2.45) is 13.0 Å². The van der Waals surface area contributed by atoms with Crippen LogP contribution in [0.2, 0.25) is 0 Å². The molecule has 0 aliphatic carbocycles. The highest BCUT2D eigenvalue weighted by atomic mass is 16.2. The van der Waals surface area contributed by atoms with Crippen LogP contribution in [0.4, 0.5) is 0 Å². The Balaban J connectivity index is 1.58. The van der Waals surface area contributed by atoms with Crippen molar-refractivity contribution in [3.8, 4) is 11.1 Å². The van der Waals surface area contributed by atoms with Crippen LogP contribution in [0.5, 0.6) is 0 Å². The van der Waals surface area contributed by atoms with Gasteiger partial charge in [0.2, 0.25) is 5.91 Å². The second kappa shape index (κ2) is 9.81. The zero-order chi connectivity index (χ0) is 22.5. The van der Waals surface area contributed by atoms with Crippen LogP contribution in [-0.4, -0.2) is 57.3 Å². The Labute approximate surface area is 189 Å². The molecule has 2 heterocycles. The SMILES string of the molecule is CCCN1CCN(C(=O)c2cn(C)cn2)CC(Cc2cccc(-c3ccccc3)c2)C1=O. The lowest BCUT2D eigenvalue weighted by atomic mass is 9.94. The molecular formula is C26H30N4O2. The van der Waals surface area contributed by atoms with Crippen LogP contribution in [0.3, 0.4) is 0 Å². The highest BCUT2D eigenvalue weighted by molar-refractivity contribution is 5.93. The van der Waals surface area contributed by atoms with E-state index in [4.69, 9.17) is 0 Å². The van der Waals surface area contributed by atoms with Gasteiger partial charge in [-0.25, -0.2) is 4.98 Å². The summed E-state index contributed by atoms with van der Waals surface area (Å²) in [6, 6.07) is 18.6. The number of hydrogen-bond acceptors (Lipinski definition) is 3. The quantitative estimate of drug-likeness (QED) is 0.600. The highest BCUT2D eigenvalue weighted by Crippen LogP contribution is 2.24. The summed E-state index contributed by atoms with van der Waals surface area (Å²) in [5, 5.41) is 0. The Morgan fingerprint density at radius 2 is 1.84 bits per heavy atom. The molecule has 1 saturated heterocycles. The summed E-state index contributed by atoms with van der Waals surface area (Å²) in [5.41, 5.74) is 3.82. The standard InChI is InChI=1S/C26H30N4O2/c1-3-12-29-13-14-30(26(32)24-18-28(2)19-27-24)17-23(25(29)31)16-20-8-7-11-22(15-20)21-9-5-4-6-10-21/h4-11,15,18-19,23H,3,12-14,16-17H2,1-2H3. The van der Waals surface area contributed by atoms with E-state index in [0.29, 0.717) is 38.3 Å². The number of hydrogen-bond donors (Lipinski definition) is 0. The first-order valence-corrected chi connectivity index (χ1v) is 11.3. The predicted octanol–water partition coefficient (Wildman–Crippen LogP) is 3.64. The molecule has 1 atom stereocenters. The first-order valence-electron chi connectivity index (χ1n) is 11.3. The van der Waals surface area contributed by atoms with E-state index >= 15 is 0 Å². The summed E-state index contributed by atoms with van der Waals surface area (Å²) >= 11 is 0. The maximum Gasteiger partial charge on any atom is 0.274 e. The molecule has 3 aromatic rings. The minimum absolute atomic E-state index is 0.111. The molecule has 0 N–H and O–H groups in total. The third-order valence-corrected chi connectivity index (χ3v) is 5.96. The summed E-state index contributed by atoms with van der Waals surface area (Å²) in [5.74, 6) is -0.254. The van der Waals surface area contributed by atoms with Crippen molar-refractivity contribution in [3.05, 3.63) is 78.4 Å². The van der Waals surface area contributed by atoms with Crippen LogP contribution in [0.15, 0.2) is 67.1 Å². The largest absolute Gasteiger partial charge is 0.341 e. The van der Waals surface area contributed by atoms with Crippen molar-refractivity contribution in [2.45, 2.75) is 19.8 Å². The molecule has 1 unspecified atom stereocenters. The fraction of sp³-hybridized carbons (Fsp3) is 0.346. The molecule has 32 heavy (non-hydrogen) atoms. The van der Waals surface area contributed by atoms with Crippen LogP contribution in [-0.2, 0) is 18.3 Å². The van der Waals surface area contributed by atoms with Crippen molar-refractivity contribution in [2.75, 3.05) is 26.2 Å². The molecule has 6 heteroatoms. The van der Waals surface area contributed by atoms with E-state index in [1.165, 1.54) is 0 Å². The van der Waals surface area contributed by atoms with Crippen LogP contribution < -0.4 is 0 Å². The van der Waals surface area contributed by atoms with Crippen LogP contribution in [0.25, 0.3) is 11.1 Å². The Kier molecular flexibility index (Phi) is 6.69. The fourth-order valence-electron chi connectivity index (χ4n) is 4.35. The van der Waals surface area contributed by atoms with Gasteiger partial charge in [0.25, 0.3) is 5.91 Å². The predicted molar refractivity (Wildman–Crippen MR) is 125 cm³/mol. The molecule has 6 nitrogen and oxygen atoms in total. The number of nitrogens with zero attached hydrogens (tertiary/aromatic N) is 4. The first-order chi connectivity index (χ1) is 15.5. The Bertz CT molecular complexity index is 1080. The molecule has 2 amide bonds. The van der Waals surface area contributed by atoms with Crippen molar-refractivity contribution >= 4 is 11.8 Å². The second-order valence-corrected chi connectivity index (χ2v) is 8.47. The number of carbonyl (C=O) groups excluding carboxylic acids is 2. The van der Waals surface area contributed by atoms with E-state index in [0.717, 1.165) is 23.1 Å². The summed E-state index contributed by atoms with van der Waals surface area (Å²) in [4.78, 5) is 34.4. The zero-order valence-electron chi connectivity index (χ0n) is 18.8. The van der Waals surface area contributed by atoms with E-state index in [9.17, 15) is 9.59 Å². The summed E-state index contributed by atoms with van der Waals surface area (Å²) < 4.78 is 1.77. The van der Waals surface area contributed by atoms with Crippen LogP contribution in [0.1, 0.15) is 29.4 Å². The monoisotopic (exact) mass is 430 g/mol. The first kappa shape index (κ1) is 21.8. The molecule has 1 aliphatic heterocycles. The second-order valence-electron chi connectivity index (χ2n) is 8.47. The molecule has 4 rings (SSSR count). The van der Waals surface area contributed by atoms with Crippen molar-refractivity contribution in [3.63, 3.8) is 0 Å². The van der Waals surface area contributed by atoms with Crippen LogP contribution in [0, 0.1) is 5.92 Å². The third kappa shape index (κ3) is 4.90. The van der Waals surface area contributed by atoms with Gasteiger partial charge in [0.15, 0.2) is 0 Å². The number of aryl methyl sites for hydroxylation is 1. The summed E-state index contributed by atoms with van der Waals surface area (Å²) in [7, 11) is 1.85. The lowest BCUT2D eigenvalue weighted by molar-refractivity contribution is -0.134. The minimum atomic E-state index is -0.275. The number of amides is 2. The van der Waals surface area contributed by atoms with Gasteiger partial charge in [0.05, 0.1) is 12.2 Å². The molecule has 1 aromatic heterocycles. The van der Waals surface area contributed by atoms with Gasteiger partial charge >= 0.3 is 0 Å². The van der Waals surface area contributed by atoms with Crippen molar-refractivity contribution < 1.29 is 9.59 Å². The van der Waals surface area contributed by atoms with Gasteiger partial charge in [0, 0.05) is 39.4 Å². The zero-order valence-corrected chi connectivity index (χ0v) is 18.8. The molecule has 2 aromatic carbocycles. The molecule has 1 aliphatic rings. The molecular weight excluding hydrogens is 400 g/mol. The van der Waals surface area contributed by atoms with Crippen molar-refractivity contribution in [1.29, 1.82) is 0 Å². The Hall–Kier alpha value is -3.41. The van der Waals surface area contributed by atoms with E-state index in [-0.39, 0.29) is 17.7 Å². The summed E-state index contributed by atoms with van der Waals surface area (Å²) in [6.07, 6.45) is 4.87. The lowest BCUT2D eigenvalue weighted by Crippen LogP contribution is -2.38. The molecule has 0 bridgehead atoms. The fourth-order valence-corrected chi connectivity index (χ4v) is 4.35. The van der Waals surface area contributed by atoms with Gasteiger partial charge in [-0.3, -0.25) is 9.59 Å². The average Bonchev–Trinajstić information content (AvgIpc) is 3.20. The highest BCUT2D eigenvalue weighted by Gasteiger charge is 2.33. The minimum Gasteiger partial charge on any atom is -0.341 e. The van der Waals surface area contributed by atoms with E-state index in [1.807, 2.05) is 36.2 Å².